The SMILES string of the molecule is O=C(Nc1c(F)c(F)cc(F)c1F)C1CCCNC1. The Kier molecular flexibility index (Phi) is 4.04. The molecule has 0 saturated carbocycles. The molecule has 1 amide bonds. The van der Waals surface area contributed by atoms with Crippen molar-refractivity contribution >= 4 is 11.6 Å². The van der Waals surface area contributed by atoms with Crippen LogP contribution in [0.25, 0.3) is 0 Å². The number of anilines is 1. The monoisotopic (exact) mass is 276 g/mol. The van der Waals surface area contributed by atoms with Crippen molar-refractivity contribution in [3.8, 4) is 0 Å². The second kappa shape index (κ2) is 5.56. The Labute approximate surface area is 107 Å². The number of amides is 1. The van der Waals surface area contributed by atoms with Crippen LogP contribution in [0.2, 0.25) is 0 Å². The molecular weight excluding hydrogens is 264 g/mol. The van der Waals surface area contributed by atoms with Crippen molar-refractivity contribution in [3.63, 3.8) is 0 Å². The van der Waals surface area contributed by atoms with Gasteiger partial charge in [-0.1, -0.05) is 0 Å². The summed E-state index contributed by atoms with van der Waals surface area (Å²) in [5.74, 6) is -7.42. The van der Waals surface area contributed by atoms with Crippen LogP contribution in [0.1, 0.15) is 12.8 Å². The van der Waals surface area contributed by atoms with Crippen LogP contribution in [0.4, 0.5) is 23.2 Å². The maximum atomic E-state index is 13.4. The molecule has 1 atom stereocenters. The zero-order valence-corrected chi connectivity index (χ0v) is 9.90. The predicted octanol–water partition coefficient (Wildman–Crippen LogP) is 2.18. The third-order valence-corrected chi connectivity index (χ3v) is 3.03. The van der Waals surface area contributed by atoms with Crippen LogP contribution >= 0.6 is 0 Å². The number of halogens is 4. The Hall–Kier alpha value is -1.63. The molecule has 2 rings (SSSR count). The minimum atomic E-state index is -1.60. The van der Waals surface area contributed by atoms with Crippen molar-refractivity contribution in [2.45, 2.75) is 12.8 Å². The molecule has 1 unspecified atom stereocenters. The summed E-state index contributed by atoms with van der Waals surface area (Å²) >= 11 is 0. The number of hydrogen-bond acceptors (Lipinski definition) is 2. The van der Waals surface area contributed by atoms with Gasteiger partial charge >= 0.3 is 0 Å². The normalized spacial score (nSPS) is 19.3. The van der Waals surface area contributed by atoms with E-state index in [0.717, 1.165) is 13.0 Å². The second-order valence-corrected chi connectivity index (χ2v) is 4.38. The van der Waals surface area contributed by atoms with Crippen molar-refractivity contribution in [2.24, 2.45) is 5.92 Å². The van der Waals surface area contributed by atoms with E-state index in [1.165, 1.54) is 0 Å². The number of nitrogens with one attached hydrogen (secondary N) is 2. The number of hydrogen-bond donors (Lipinski definition) is 2. The number of piperidine rings is 1. The number of benzene rings is 1. The summed E-state index contributed by atoms with van der Waals surface area (Å²) < 4.78 is 52.7. The molecule has 1 aliphatic rings. The molecule has 2 N–H and O–H groups in total. The predicted molar refractivity (Wildman–Crippen MR) is 60.5 cm³/mol. The van der Waals surface area contributed by atoms with Gasteiger partial charge in [-0.25, -0.2) is 17.6 Å². The summed E-state index contributed by atoms with van der Waals surface area (Å²) in [6.07, 6.45) is 1.31. The van der Waals surface area contributed by atoms with Crippen molar-refractivity contribution in [2.75, 3.05) is 18.4 Å². The van der Waals surface area contributed by atoms with E-state index in [1.807, 2.05) is 5.32 Å². The van der Waals surface area contributed by atoms with Crippen molar-refractivity contribution in [1.82, 2.24) is 5.32 Å². The van der Waals surface area contributed by atoms with E-state index in [1.54, 1.807) is 0 Å². The summed E-state index contributed by atoms with van der Waals surface area (Å²) in [4.78, 5) is 11.8. The first-order chi connectivity index (χ1) is 9.00. The van der Waals surface area contributed by atoms with E-state index in [4.69, 9.17) is 0 Å². The van der Waals surface area contributed by atoms with Gasteiger partial charge in [0.2, 0.25) is 5.91 Å². The zero-order chi connectivity index (χ0) is 14.0. The lowest BCUT2D eigenvalue weighted by Gasteiger charge is -2.22. The van der Waals surface area contributed by atoms with Gasteiger partial charge < -0.3 is 10.6 Å². The maximum Gasteiger partial charge on any atom is 0.228 e. The minimum absolute atomic E-state index is 0.0997. The van der Waals surface area contributed by atoms with E-state index < -0.39 is 40.8 Å². The van der Waals surface area contributed by atoms with Gasteiger partial charge in [0.1, 0.15) is 5.69 Å². The lowest BCUT2D eigenvalue weighted by atomic mass is 9.99. The van der Waals surface area contributed by atoms with Crippen LogP contribution in [-0.2, 0) is 4.79 Å². The Balaban J connectivity index is 2.20. The van der Waals surface area contributed by atoms with E-state index in [-0.39, 0.29) is 6.07 Å². The Bertz CT molecular complexity index is 475. The molecule has 1 heterocycles. The molecule has 1 aliphatic heterocycles. The smallest absolute Gasteiger partial charge is 0.228 e. The van der Waals surface area contributed by atoms with Crippen LogP contribution in [0.15, 0.2) is 6.07 Å². The average Bonchev–Trinajstić information content (AvgIpc) is 2.42. The van der Waals surface area contributed by atoms with Gasteiger partial charge in [0, 0.05) is 12.6 Å². The molecule has 7 heteroatoms. The van der Waals surface area contributed by atoms with E-state index in [0.29, 0.717) is 13.0 Å². The Morgan fingerprint density at radius 2 is 1.84 bits per heavy atom. The third kappa shape index (κ3) is 2.86. The molecule has 104 valence electrons. The van der Waals surface area contributed by atoms with Gasteiger partial charge in [-0.15, -0.1) is 0 Å². The summed E-state index contributed by atoms with van der Waals surface area (Å²) in [6, 6.07) is 0.0997. The highest BCUT2D eigenvalue weighted by Crippen LogP contribution is 2.25. The minimum Gasteiger partial charge on any atom is -0.321 e. The molecule has 0 aliphatic carbocycles. The van der Waals surface area contributed by atoms with Crippen LogP contribution in [0.3, 0.4) is 0 Å². The van der Waals surface area contributed by atoms with E-state index in [2.05, 4.69) is 5.32 Å². The van der Waals surface area contributed by atoms with E-state index >= 15 is 0 Å². The highest BCUT2D eigenvalue weighted by Gasteiger charge is 2.25. The highest BCUT2D eigenvalue weighted by atomic mass is 19.2. The van der Waals surface area contributed by atoms with Gasteiger partial charge in [-0.3, -0.25) is 4.79 Å². The fraction of sp³-hybridized carbons (Fsp3) is 0.417. The first-order valence-corrected chi connectivity index (χ1v) is 5.85. The van der Waals surface area contributed by atoms with Crippen molar-refractivity contribution in [1.29, 1.82) is 0 Å². The summed E-state index contributed by atoms with van der Waals surface area (Å²) in [7, 11) is 0. The van der Waals surface area contributed by atoms with Crippen LogP contribution in [-0.4, -0.2) is 19.0 Å². The zero-order valence-electron chi connectivity index (χ0n) is 9.90. The molecule has 0 radical (unpaired) electrons. The topological polar surface area (TPSA) is 41.1 Å². The van der Waals surface area contributed by atoms with Crippen LogP contribution in [0.5, 0.6) is 0 Å². The largest absolute Gasteiger partial charge is 0.321 e. The quantitative estimate of drug-likeness (QED) is 0.642. The van der Waals surface area contributed by atoms with Crippen LogP contribution < -0.4 is 10.6 Å². The molecule has 1 aromatic carbocycles. The number of carbonyl (C=O) groups is 1. The molecular formula is C12H12F4N2O. The first kappa shape index (κ1) is 13.8. The van der Waals surface area contributed by atoms with Gasteiger partial charge in [-0.2, -0.15) is 0 Å². The molecule has 1 aromatic rings. The molecule has 0 aromatic heterocycles. The summed E-state index contributed by atoms with van der Waals surface area (Å²) in [6.45, 7) is 1.13. The lowest BCUT2D eigenvalue weighted by molar-refractivity contribution is -0.120. The Morgan fingerprint density at radius 1 is 1.21 bits per heavy atom. The van der Waals surface area contributed by atoms with Crippen molar-refractivity contribution < 1.29 is 22.4 Å². The fourth-order valence-electron chi connectivity index (χ4n) is 1.98. The number of rotatable bonds is 2. The van der Waals surface area contributed by atoms with Gasteiger partial charge in [0.25, 0.3) is 0 Å². The van der Waals surface area contributed by atoms with Gasteiger partial charge in [0.05, 0.1) is 5.92 Å². The van der Waals surface area contributed by atoms with Crippen LogP contribution in [0, 0.1) is 29.2 Å². The third-order valence-electron chi connectivity index (χ3n) is 3.03. The maximum absolute atomic E-state index is 13.4. The van der Waals surface area contributed by atoms with Crippen molar-refractivity contribution in [3.05, 3.63) is 29.3 Å². The number of carbonyl (C=O) groups excluding carboxylic acids is 1. The summed E-state index contributed by atoms with van der Waals surface area (Å²) in [5.41, 5.74) is -1.08. The lowest BCUT2D eigenvalue weighted by Crippen LogP contribution is -2.37. The molecule has 1 fully saturated rings. The molecule has 1 saturated heterocycles. The second-order valence-electron chi connectivity index (χ2n) is 4.38. The summed E-state index contributed by atoms with van der Waals surface area (Å²) in [5, 5.41) is 4.88. The fourth-order valence-corrected chi connectivity index (χ4v) is 1.98. The first-order valence-electron chi connectivity index (χ1n) is 5.85. The van der Waals surface area contributed by atoms with Gasteiger partial charge in [-0.05, 0) is 19.4 Å². The molecule has 0 spiro atoms. The van der Waals surface area contributed by atoms with E-state index in [9.17, 15) is 22.4 Å². The molecule has 3 nitrogen and oxygen atoms in total. The van der Waals surface area contributed by atoms with Gasteiger partial charge in [0.15, 0.2) is 23.3 Å². The Morgan fingerprint density at radius 3 is 2.37 bits per heavy atom. The standard InChI is InChI=1S/C12H12F4N2O/c13-7-4-8(14)10(16)11(9(7)15)18-12(19)6-2-1-3-17-5-6/h4,6,17H,1-3,5H2,(H,18,19). The molecule has 19 heavy (non-hydrogen) atoms. The highest BCUT2D eigenvalue weighted by molar-refractivity contribution is 5.93. The average molecular weight is 276 g/mol. The molecule has 0 bridgehead atoms.